The first-order valence-electron chi connectivity index (χ1n) is 11.8. The van der Waals surface area contributed by atoms with Crippen LogP contribution in [0.1, 0.15) is 37.8 Å². The van der Waals surface area contributed by atoms with Crippen molar-refractivity contribution in [3.63, 3.8) is 0 Å². The first kappa shape index (κ1) is 23.9. The van der Waals surface area contributed by atoms with Crippen molar-refractivity contribution in [1.82, 2.24) is 10.2 Å². The van der Waals surface area contributed by atoms with Crippen molar-refractivity contribution in [2.45, 2.75) is 52.0 Å². The Morgan fingerprint density at radius 2 is 1.68 bits per heavy atom. The van der Waals surface area contributed by atoms with Gasteiger partial charge in [-0.15, -0.1) is 0 Å². The van der Waals surface area contributed by atoms with E-state index in [-0.39, 0.29) is 49.3 Å². The van der Waals surface area contributed by atoms with Crippen LogP contribution in [-0.4, -0.2) is 54.5 Å². The van der Waals surface area contributed by atoms with E-state index in [1.165, 1.54) is 10.5 Å². The number of hydrogen-bond donors (Lipinski definition) is 2. The molecule has 2 atom stereocenters. The minimum atomic E-state index is -0.242. The van der Waals surface area contributed by atoms with E-state index in [4.69, 9.17) is 4.74 Å². The third-order valence-electron chi connectivity index (χ3n) is 6.12. The Morgan fingerprint density at radius 3 is 2.44 bits per heavy atom. The summed E-state index contributed by atoms with van der Waals surface area (Å²) < 4.78 is 5.83. The highest BCUT2D eigenvalue weighted by Gasteiger charge is 2.27. The molecule has 180 valence electrons. The zero-order valence-electron chi connectivity index (χ0n) is 19.8. The van der Waals surface area contributed by atoms with Gasteiger partial charge in [0.1, 0.15) is 6.54 Å². The third-order valence-corrected chi connectivity index (χ3v) is 6.12. The van der Waals surface area contributed by atoms with Crippen LogP contribution in [0.2, 0.25) is 0 Å². The van der Waals surface area contributed by atoms with Gasteiger partial charge in [0.15, 0.2) is 0 Å². The number of rotatable bonds is 7. The van der Waals surface area contributed by atoms with Gasteiger partial charge >= 0.3 is 0 Å². The lowest BCUT2D eigenvalue weighted by molar-refractivity contribution is -0.125. The van der Waals surface area contributed by atoms with Crippen LogP contribution in [0.25, 0.3) is 0 Å². The number of benzene rings is 2. The molecule has 2 aliphatic rings. The van der Waals surface area contributed by atoms with E-state index >= 15 is 0 Å². The fourth-order valence-electron chi connectivity index (χ4n) is 4.63. The Bertz CT molecular complexity index is 1050. The highest BCUT2D eigenvalue weighted by molar-refractivity contribution is 6.10. The normalized spacial score (nSPS) is 20.4. The Kier molecular flexibility index (Phi) is 7.59. The molecule has 0 saturated carbocycles. The quantitative estimate of drug-likeness (QED) is 0.658. The summed E-state index contributed by atoms with van der Waals surface area (Å²) in [5, 5.41) is 5.71. The highest BCUT2D eigenvalue weighted by atomic mass is 16.5. The summed E-state index contributed by atoms with van der Waals surface area (Å²) in [5.74, 6) is -0.669. The van der Waals surface area contributed by atoms with Gasteiger partial charge in [-0.25, -0.2) is 0 Å². The van der Waals surface area contributed by atoms with Gasteiger partial charge < -0.3 is 20.3 Å². The average Bonchev–Trinajstić information content (AvgIpc) is 2.80. The smallest absolute Gasteiger partial charge is 0.244 e. The third kappa shape index (κ3) is 6.01. The number of fused-ring (bicyclic) bond motifs is 1. The zero-order valence-corrected chi connectivity index (χ0v) is 19.8. The maximum absolute atomic E-state index is 12.8. The number of nitrogens with one attached hydrogen (secondary N) is 2. The molecule has 2 aromatic rings. The molecule has 8 heteroatoms. The van der Waals surface area contributed by atoms with Crippen LogP contribution < -0.4 is 15.5 Å². The highest BCUT2D eigenvalue weighted by Crippen LogP contribution is 2.29. The molecule has 0 bridgehead atoms. The molecule has 0 aliphatic carbocycles. The minimum absolute atomic E-state index is 0.0381. The molecule has 2 unspecified atom stereocenters. The van der Waals surface area contributed by atoms with Crippen molar-refractivity contribution in [3.05, 3.63) is 59.7 Å². The monoisotopic (exact) mass is 464 g/mol. The van der Waals surface area contributed by atoms with Crippen LogP contribution in [0, 0.1) is 0 Å². The molecule has 1 saturated heterocycles. The van der Waals surface area contributed by atoms with Gasteiger partial charge in [-0.2, -0.15) is 0 Å². The molecule has 34 heavy (non-hydrogen) atoms. The van der Waals surface area contributed by atoms with E-state index in [2.05, 4.69) is 35.4 Å². The Balaban J connectivity index is 1.29. The van der Waals surface area contributed by atoms with Crippen molar-refractivity contribution in [3.8, 4) is 0 Å². The first-order valence-corrected chi connectivity index (χ1v) is 11.8. The standard InChI is InChI=1S/C26H32N4O4/c1-18-14-29(15-19(2)34-18)16-21-8-4-3-7-20(21)13-27-24(31)11-12-26(33)30-17-25(32)28-22-9-5-6-10-23(22)30/h3-10,18-19H,11-17H2,1-2H3,(H,27,31)(H,28,32). The minimum Gasteiger partial charge on any atom is -0.373 e. The summed E-state index contributed by atoms with van der Waals surface area (Å²) in [6, 6.07) is 15.3. The number of hydrogen-bond acceptors (Lipinski definition) is 5. The number of para-hydroxylation sites is 2. The summed E-state index contributed by atoms with van der Waals surface area (Å²) in [7, 11) is 0. The van der Waals surface area contributed by atoms with Gasteiger partial charge in [-0.1, -0.05) is 36.4 Å². The molecule has 3 amide bonds. The van der Waals surface area contributed by atoms with E-state index in [1.807, 2.05) is 24.3 Å². The topological polar surface area (TPSA) is 91.0 Å². The number of amides is 3. The SMILES string of the molecule is CC1CN(Cc2ccccc2CNC(=O)CCC(=O)N2CC(=O)Nc3ccccc32)CC(C)O1. The van der Waals surface area contributed by atoms with Crippen LogP contribution in [0.4, 0.5) is 11.4 Å². The molecule has 1 fully saturated rings. The predicted octanol–water partition coefficient (Wildman–Crippen LogP) is 2.68. The number of carbonyl (C=O) groups is 3. The van der Waals surface area contributed by atoms with Crippen LogP contribution >= 0.6 is 0 Å². The molecule has 0 radical (unpaired) electrons. The number of ether oxygens (including phenoxy) is 1. The van der Waals surface area contributed by atoms with E-state index < -0.39 is 0 Å². The molecule has 2 N–H and O–H groups in total. The van der Waals surface area contributed by atoms with Crippen LogP contribution in [-0.2, 0) is 32.2 Å². The summed E-state index contributed by atoms with van der Waals surface area (Å²) in [5.41, 5.74) is 3.51. The molecule has 8 nitrogen and oxygen atoms in total. The molecule has 0 aromatic heterocycles. The lowest BCUT2D eigenvalue weighted by Crippen LogP contribution is -2.45. The largest absolute Gasteiger partial charge is 0.373 e. The molecular formula is C26H32N4O4. The fourth-order valence-corrected chi connectivity index (χ4v) is 4.63. The second-order valence-corrected chi connectivity index (χ2v) is 9.04. The zero-order chi connectivity index (χ0) is 24.1. The first-order chi connectivity index (χ1) is 16.4. The second kappa shape index (κ2) is 10.8. The van der Waals surface area contributed by atoms with E-state index in [0.29, 0.717) is 17.9 Å². The molecular weight excluding hydrogens is 432 g/mol. The van der Waals surface area contributed by atoms with Crippen molar-refractivity contribution >= 4 is 29.1 Å². The predicted molar refractivity (Wildman–Crippen MR) is 130 cm³/mol. The summed E-state index contributed by atoms with van der Waals surface area (Å²) in [4.78, 5) is 41.1. The number of carbonyl (C=O) groups excluding carboxylic acids is 3. The summed E-state index contributed by atoms with van der Waals surface area (Å²) >= 11 is 0. The van der Waals surface area contributed by atoms with Crippen LogP contribution in [0.15, 0.2) is 48.5 Å². The second-order valence-electron chi connectivity index (χ2n) is 9.04. The van der Waals surface area contributed by atoms with E-state index in [0.717, 1.165) is 25.2 Å². The van der Waals surface area contributed by atoms with Crippen molar-refractivity contribution in [2.24, 2.45) is 0 Å². The molecule has 2 heterocycles. The van der Waals surface area contributed by atoms with Gasteiger partial charge in [-0.3, -0.25) is 19.3 Å². The Morgan fingerprint density at radius 1 is 1.00 bits per heavy atom. The van der Waals surface area contributed by atoms with E-state index in [1.54, 1.807) is 18.2 Å². The molecule has 0 spiro atoms. The molecule has 2 aromatic carbocycles. The average molecular weight is 465 g/mol. The Hall–Kier alpha value is -3.23. The molecule has 2 aliphatic heterocycles. The van der Waals surface area contributed by atoms with Gasteiger partial charge in [0.2, 0.25) is 17.7 Å². The van der Waals surface area contributed by atoms with Gasteiger partial charge in [0, 0.05) is 39.0 Å². The fraction of sp³-hybridized carbons (Fsp3) is 0.423. The maximum Gasteiger partial charge on any atom is 0.244 e. The Labute approximate surface area is 200 Å². The van der Waals surface area contributed by atoms with Crippen LogP contribution in [0.3, 0.4) is 0 Å². The lowest BCUT2D eigenvalue weighted by Gasteiger charge is -2.35. The van der Waals surface area contributed by atoms with Crippen molar-refractivity contribution in [1.29, 1.82) is 0 Å². The van der Waals surface area contributed by atoms with Crippen molar-refractivity contribution < 1.29 is 19.1 Å². The van der Waals surface area contributed by atoms with Crippen molar-refractivity contribution in [2.75, 3.05) is 29.9 Å². The summed E-state index contributed by atoms with van der Waals surface area (Å²) in [6.45, 7) is 7.11. The van der Waals surface area contributed by atoms with Gasteiger partial charge in [0.25, 0.3) is 0 Å². The summed E-state index contributed by atoms with van der Waals surface area (Å²) in [6.07, 6.45) is 0.510. The van der Waals surface area contributed by atoms with Crippen LogP contribution in [0.5, 0.6) is 0 Å². The number of nitrogens with zero attached hydrogens (tertiary/aromatic N) is 2. The maximum atomic E-state index is 12.8. The van der Waals surface area contributed by atoms with Gasteiger partial charge in [-0.05, 0) is 37.1 Å². The number of morpholine rings is 1. The van der Waals surface area contributed by atoms with E-state index in [9.17, 15) is 14.4 Å². The number of anilines is 2. The van der Waals surface area contributed by atoms with Gasteiger partial charge in [0.05, 0.1) is 23.6 Å². The lowest BCUT2D eigenvalue weighted by atomic mass is 10.1. The molecule has 4 rings (SSSR count).